The highest BCUT2D eigenvalue weighted by Gasteiger charge is 2.48. The van der Waals surface area contributed by atoms with Crippen LogP contribution in [0.2, 0.25) is 0 Å². The Morgan fingerprint density at radius 2 is 1.38 bits per heavy atom. The Morgan fingerprint density at radius 1 is 0.667 bits per heavy atom. The Labute approximate surface area is 248 Å². The van der Waals surface area contributed by atoms with Gasteiger partial charge in [-0.3, -0.25) is 0 Å². The Kier molecular flexibility index (Phi) is 4.52. The van der Waals surface area contributed by atoms with Crippen molar-refractivity contribution in [2.45, 2.75) is 45.4 Å². The molecule has 5 aromatic carbocycles. The van der Waals surface area contributed by atoms with E-state index in [1.165, 1.54) is 78.0 Å². The molecule has 0 bridgehead atoms. The van der Waals surface area contributed by atoms with Crippen LogP contribution in [0, 0.1) is 0 Å². The fraction of sp³-hybridized carbons (Fsp3) is 0.179. The third-order valence-corrected chi connectivity index (χ3v) is 10.1. The molecule has 0 fully saturated rings. The van der Waals surface area contributed by atoms with Crippen LogP contribution < -0.4 is 15.8 Å². The zero-order valence-electron chi connectivity index (χ0n) is 24.9. The quantitative estimate of drug-likeness (QED) is 0.189. The summed E-state index contributed by atoms with van der Waals surface area (Å²) in [4.78, 5) is 2.51. The van der Waals surface area contributed by atoms with Gasteiger partial charge in [-0.1, -0.05) is 120 Å². The lowest BCUT2D eigenvalue weighted by atomic mass is 9.44. The van der Waals surface area contributed by atoms with Gasteiger partial charge in [-0.05, 0) is 62.9 Å². The van der Waals surface area contributed by atoms with Gasteiger partial charge >= 0.3 is 6.85 Å². The molecule has 0 amide bonds. The van der Waals surface area contributed by atoms with E-state index in [4.69, 9.17) is 0 Å². The average Bonchev–Trinajstić information content (AvgIpc) is 3.46. The molecule has 3 aliphatic rings. The summed E-state index contributed by atoms with van der Waals surface area (Å²) < 4.78 is 2.72. The highest BCUT2D eigenvalue weighted by atomic mass is 15.2. The van der Waals surface area contributed by atoms with Crippen LogP contribution in [0.25, 0.3) is 33.3 Å². The topological polar surface area (TPSA) is 8.17 Å². The Hall–Kier alpha value is -4.50. The molecule has 0 saturated heterocycles. The first kappa shape index (κ1) is 24.1. The number of benzene rings is 5. The molecule has 0 radical (unpaired) electrons. The molecule has 2 aliphatic heterocycles. The maximum atomic E-state index is 2.72. The van der Waals surface area contributed by atoms with E-state index in [-0.39, 0.29) is 17.7 Å². The smallest absolute Gasteiger partial charge is 0.333 e. The van der Waals surface area contributed by atoms with E-state index in [0.717, 1.165) is 0 Å². The maximum absolute atomic E-state index is 2.72. The van der Waals surface area contributed by atoms with E-state index >= 15 is 0 Å². The van der Waals surface area contributed by atoms with Crippen molar-refractivity contribution in [2.24, 2.45) is 0 Å². The summed E-state index contributed by atoms with van der Waals surface area (Å²) in [6.07, 6.45) is 0. The number of nitrogens with zero attached hydrogens (tertiary/aromatic N) is 2. The molecule has 0 spiro atoms. The van der Waals surface area contributed by atoms with Gasteiger partial charge < -0.3 is 9.38 Å². The third kappa shape index (κ3) is 2.86. The van der Waals surface area contributed by atoms with E-state index < -0.39 is 0 Å². The van der Waals surface area contributed by atoms with E-state index in [1.807, 2.05) is 0 Å². The lowest BCUT2D eigenvalue weighted by Crippen LogP contribution is -2.57. The minimum absolute atomic E-state index is 0.0103. The predicted octanol–water partition coefficient (Wildman–Crippen LogP) is 8.66. The summed E-state index contributed by atoms with van der Waals surface area (Å²) in [6.45, 7) is 11.9. The minimum atomic E-state index is -0.0752. The van der Waals surface area contributed by atoms with E-state index in [1.54, 1.807) is 0 Å². The van der Waals surface area contributed by atoms with Gasteiger partial charge in [0, 0.05) is 50.2 Å². The first-order valence-corrected chi connectivity index (χ1v) is 15.2. The van der Waals surface area contributed by atoms with Crippen LogP contribution in [0.5, 0.6) is 0 Å². The third-order valence-electron chi connectivity index (χ3n) is 10.1. The van der Waals surface area contributed by atoms with E-state index in [2.05, 4.69) is 153 Å². The minimum Gasteiger partial charge on any atom is -0.375 e. The van der Waals surface area contributed by atoms with Crippen molar-refractivity contribution in [2.75, 3.05) is 4.90 Å². The molecule has 3 heteroatoms. The highest BCUT2D eigenvalue weighted by molar-refractivity contribution is 6.89. The van der Waals surface area contributed by atoms with Gasteiger partial charge in [0.1, 0.15) is 0 Å². The van der Waals surface area contributed by atoms with Gasteiger partial charge in [-0.15, -0.1) is 0 Å². The fourth-order valence-corrected chi connectivity index (χ4v) is 8.20. The number of rotatable bonds is 1. The summed E-state index contributed by atoms with van der Waals surface area (Å²) in [5.74, 6) is 0. The van der Waals surface area contributed by atoms with Gasteiger partial charge in [0.15, 0.2) is 0 Å². The largest absolute Gasteiger partial charge is 0.375 e. The summed E-state index contributed by atoms with van der Waals surface area (Å²) in [7, 11) is 0. The highest BCUT2D eigenvalue weighted by Crippen LogP contribution is 2.55. The number of hydrogen-bond acceptors (Lipinski definition) is 1. The van der Waals surface area contributed by atoms with Crippen LogP contribution >= 0.6 is 0 Å². The van der Waals surface area contributed by atoms with Crippen molar-refractivity contribution < 1.29 is 0 Å². The molecule has 0 unspecified atom stereocenters. The second kappa shape index (κ2) is 7.86. The number of fused-ring (bicyclic) bond motifs is 9. The molecule has 0 atom stereocenters. The molecule has 9 rings (SSSR count). The summed E-state index contributed by atoms with van der Waals surface area (Å²) in [5.41, 5.74) is 17.6. The van der Waals surface area contributed by atoms with Crippen LogP contribution in [-0.4, -0.2) is 11.3 Å². The lowest BCUT2D eigenvalue weighted by molar-refractivity contribution is 0.590. The van der Waals surface area contributed by atoms with Crippen molar-refractivity contribution in [1.29, 1.82) is 0 Å². The van der Waals surface area contributed by atoms with E-state index in [9.17, 15) is 0 Å². The van der Waals surface area contributed by atoms with E-state index in [0.29, 0.717) is 0 Å². The molecule has 1 aromatic heterocycles. The molecule has 6 aromatic rings. The summed E-state index contributed by atoms with van der Waals surface area (Å²) in [6, 6.07) is 41.1. The molecule has 0 N–H and O–H groups in total. The number of para-hydroxylation sites is 3. The zero-order chi connectivity index (χ0) is 28.5. The first-order valence-electron chi connectivity index (χ1n) is 15.2. The standard InChI is InChI=1S/C39H33BN2/c1-38(2,3)24-22-29-26-17-13-18-28-34-37(27-16-9-10-19-30(27)39(34,4)5)42(36(26)28)40-31-20-11-12-21-32(31)41(33(23-24)35(29)40)25-14-7-6-8-15-25/h6-23H,1-5H3. The summed E-state index contributed by atoms with van der Waals surface area (Å²) in [5, 5.41) is 1.39. The predicted molar refractivity (Wildman–Crippen MR) is 179 cm³/mol. The Bertz CT molecular complexity index is 2110. The molecule has 42 heavy (non-hydrogen) atoms. The fourth-order valence-electron chi connectivity index (χ4n) is 8.20. The summed E-state index contributed by atoms with van der Waals surface area (Å²) >= 11 is 0. The number of aromatic nitrogens is 1. The van der Waals surface area contributed by atoms with Crippen molar-refractivity contribution in [3.05, 3.63) is 126 Å². The molecular weight excluding hydrogens is 507 g/mol. The van der Waals surface area contributed by atoms with Gasteiger partial charge in [-0.2, -0.15) is 0 Å². The monoisotopic (exact) mass is 540 g/mol. The SMILES string of the molecule is CC(C)(C)c1cc2c3c(c1)N(c1ccccc1)c1ccccc1B3n1c3c(c4cccc-2c41)C(C)(C)c1ccccc1-3. The van der Waals surface area contributed by atoms with Crippen molar-refractivity contribution >= 4 is 45.7 Å². The van der Waals surface area contributed by atoms with Crippen molar-refractivity contribution in [1.82, 2.24) is 4.48 Å². The second-order valence-electron chi connectivity index (χ2n) is 13.8. The normalized spacial score (nSPS) is 15.4. The molecule has 2 nitrogen and oxygen atoms in total. The van der Waals surface area contributed by atoms with Crippen LogP contribution in [0.3, 0.4) is 0 Å². The lowest BCUT2D eigenvalue weighted by Gasteiger charge is -2.41. The second-order valence-corrected chi connectivity index (χ2v) is 13.8. The molecule has 3 heterocycles. The first-order chi connectivity index (χ1) is 20.3. The van der Waals surface area contributed by atoms with Gasteiger partial charge in [0.25, 0.3) is 0 Å². The van der Waals surface area contributed by atoms with Crippen LogP contribution in [0.1, 0.15) is 51.3 Å². The number of anilines is 3. The average molecular weight is 541 g/mol. The van der Waals surface area contributed by atoms with Gasteiger partial charge in [-0.25, -0.2) is 0 Å². The van der Waals surface area contributed by atoms with Gasteiger partial charge in [0.2, 0.25) is 0 Å². The van der Waals surface area contributed by atoms with Crippen LogP contribution in [-0.2, 0) is 10.8 Å². The number of hydrogen-bond donors (Lipinski definition) is 0. The Morgan fingerprint density at radius 3 is 2.19 bits per heavy atom. The van der Waals surface area contributed by atoms with Crippen LogP contribution in [0.15, 0.2) is 109 Å². The molecule has 202 valence electrons. The van der Waals surface area contributed by atoms with Crippen molar-refractivity contribution in [3.63, 3.8) is 0 Å². The molecule has 1 aliphatic carbocycles. The molecule has 0 saturated carbocycles. The zero-order valence-corrected chi connectivity index (χ0v) is 24.9. The maximum Gasteiger partial charge on any atom is 0.333 e. The molecular formula is C39H33BN2. The van der Waals surface area contributed by atoms with Crippen LogP contribution in [0.4, 0.5) is 17.1 Å². The van der Waals surface area contributed by atoms with Gasteiger partial charge in [0.05, 0.1) is 0 Å². The Balaban J connectivity index is 1.49. The van der Waals surface area contributed by atoms with Crippen molar-refractivity contribution in [3.8, 4) is 22.4 Å².